The van der Waals surface area contributed by atoms with Gasteiger partial charge in [0.25, 0.3) is 0 Å². The SMILES string of the molecule is N=C(N)NCCNC[C@H](O)c1cc([C@@H]2CC3(CC3)[C@@H]3CN2C(=O)N3OS(=O)(=O)O)no1. The first-order valence-electron chi connectivity index (χ1n) is 9.80. The van der Waals surface area contributed by atoms with Gasteiger partial charge in [-0.3, -0.25) is 9.96 Å². The van der Waals surface area contributed by atoms with E-state index in [-0.39, 0.29) is 30.2 Å². The van der Waals surface area contributed by atoms with Crippen LogP contribution in [0.1, 0.15) is 42.9 Å². The number of nitrogens with two attached hydrogens (primary N) is 1. The molecule has 1 aromatic rings. The predicted octanol–water partition coefficient (Wildman–Crippen LogP) is -1.15. The monoisotopic (exact) mass is 459 g/mol. The third-order valence-corrected chi connectivity index (χ3v) is 6.36. The molecular formula is C16H25N7O7S. The minimum atomic E-state index is -4.83. The highest BCUT2D eigenvalue weighted by molar-refractivity contribution is 7.80. The number of amides is 2. The van der Waals surface area contributed by atoms with Crippen molar-refractivity contribution in [3.8, 4) is 0 Å². The van der Waals surface area contributed by atoms with Crippen molar-refractivity contribution in [3.05, 3.63) is 17.5 Å². The summed E-state index contributed by atoms with van der Waals surface area (Å²) in [6.45, 7) is 1.32. The number of aliphatic hydroxyl groups is 1. The van der Waals surface area contributed by atoms with Crippen molar-refractivity contribution in [2.75, 3.05) is 26.2 Å². The molecule has 14 nitrogen and oxygen atoms in total. The van der Waals surface area contributed by atoms with Gasteiger partial charge in [0.15, 0.2) is 11.7 Å². The minimum Gasteiger partial charge on any atom is -0.384 e. The summed E-state index contributed by atoms with van der Waals surface area (Å²) in [7, 11) is -4.83. The van der Waals surface area contributed by atoms with Crippen LogP contribution in [0.2, 0.25) is 0 Å². The minimum absolute atomic E-state index is 0.137. The maximum absolute atomic E-state index is 12.8. The number of hydrogen-bond donors (Lipinski definition) is 6. The molecular weight excluding hydrogens is 434 g/mol. The average Bonchev–Trinajstić information content (AvgIpc) is 3.17. The summed E-state index contributed by atoms with van der Waals surface area (Å²) in [4.78, 5) is 14.2. The van der Waals surface area contributed by atoms with E-state index in [9.17, 15) is 18.3 Å². The number of aromatic nitrogens is 1. The molecule has 1 saturated carbocycles. The van der Waals surface area contributed by atoms with Crippen molar-refractivity contribution in [3.63, 3.8) is 0 Å². The van der Waals surface area contributed by atoms with E-state index < -0.39 is 34.6 Å². The number of fused-ring (bicyclic) bond motifs is 3. The standard InChI is InChI=1S/C16H25N7O7S/c17-14(18)20-4-3-19-7-11(24)12-5-9(21-29-12)10-6-16(1-2-16)13-8-22(10)15(25)23(13)30-31(26,27)28/h5,10-11,13,19,24H,1-4,6-8H2,(H4,17,18,20)(H,26,27,28)/t10-,11-,13-/m0/s1. The van der Waals surface area contributed by atoms with E-state index in [1.54, 1.807) is 6.07 Å². The molecule has 2 amide bonds. The Morgan fingerprint density at radius 1 is 1.48 bits per heavy atom. The summed E-state index contributed by atoms with van der Waals surface area (Å²) < 4.78 is 41.2. The van der Waals surface area contributed by atoms with Gasteiger partial charge in [-0.1, -0.05) is 5.16 Å². The first-order chi connectivity index (χ1) is 14.6. The molecule has 4 rings (SSSR count). The van der Waals surface area contributed by atoms with Gasteiger partial charge in [-0.15, -0.1) is 4.28 Å². The molecule has 2 aliphatic heterocycles. The van der Waals surface area contributed by atoms with Crippen LogP contribution in [0, 0.1) is 10.8 Å². The fourth-order valence-electron chi connectivity index (χ4n) is 4.32. The van der Waals surface area contributed by atoms with E-state index in [2.05, 4.69) is 20.1 Å². The Hall–Kier alpha value is -2.46. The van der Waals surface area contributed by atoms with Crippen LogP contribution in [0.5, 0.6) is 0 Å². The second-order valence-electron chi connectivity index (χ2n) is 8.08. The van der Waals surface area contributed by atoms with E-state index in [1.165, 1.54) is 4.90 Å². The number of hydrogen-bond acceptors (Lipinski definition) is 9. The highest BCUT2D eigenvalue weighted by atomic mass is 32.3. The van der Waals surface area contributed by atoms with E-state index in [0.29, 0.717) is 25.2 Å². The first-order valence-corrected chi connectivity index (χ1v) is 11.2. The number of carbonyl (C=O) groups is 1. The molecule has 31 heavy (non-hydrogen) atoms. The molecule has 3 atom stereocenters. The zero-order chi connectivity index (χ0) is 22.4. The Morgan fingerprint density at radius 3 is 2.87 bits per heavy atom. The molecule has 3 aliphatic rings. The van der Waals surface area contributed by atoms with E-state index in [4.69, 9.17) is 20.2 Å². The number of hydroxylamine groups is 2. The highest BCUT2D eigenvalue weighted by Crippen LogP contribution is 2.61. The van der Waals surface area contributed by atoms with Crippen molar-refractivity contribution < 1.29 is 31.7 Å². The van der Waals surface area contributed by atoms with Crippen LogP contribution < -0.4 is 16.4 Å². The van der Waals surface area contributed by atoms with Gasteiger partial charge in [-0.2, -0.15) is 13.5 Å². The first kappa shape index (κ1) is 21.8. The van der Waals surface area contributed by atoms with Crippen molar-refractivity contribution >= 4 is 22.4 Å². The van der Waals surface area contributed by atoms with Crippen LogP contribution >= 0.6 is 0 Å². The zero-order valence-electron chi connectivity index (χ0n) is 16.5. The molecule has 2 saturated heterocycles. The normalized spacial score (nSPS) is 25.2. The fraction of sp³-hybridized carbons (Fsp3) is 0.688. The molecule has 3 fully saturated rings. The second-order valence-corrected chi connectivity index (χ2v) is 9.08. The lowest BCUT2D eigenvalue weighted by atomic mass is 9.84. The van der Waals surface area contributed by atoms with Gasteiger partial charge in [-0.25, -0.2) is 4.79 Å². The maximum atomic E-state index is 12.8. The number of rotatable bonds is 9. The zero-order valence-corrected chi connectivity index (χ0v) is 17.3. The molecule has 15 heteroatoms. The summed E-state index contributed by atoms with van der Waals surface area (Å²) in [6, 6.07) is -0.0105. The maximum Gasteiger partial charge on any atom is 0.418 e. The largest absolute Gasteiger partial charge is 0.418 e. The van der Waals surface area contributed by atoms with Gasteiger partial charge in [-0.05, 0) is 24.7 Å². The molecule has 2 bridgehead atoms. The van der Waals surface area contributed by atoms with Gasteiger partial charge >= 0.3 is 16.4 Å². The molecule has 1 aliphatic carbocycles. The van der Waals surface area contributed by atoms with Crippen LogP contribution in [0.15, 0.2) is 10.6 Å². The van der Waals surface area contributed by atoms with Gasteiger partial charge in [0.05, 0.1) is 12.1 Å². The molecule has 3 heterocycles. The van der Waals surface area contributed by atoms with Crippen molar-refractivity contribution in [1.29, 1.82) is 5.41 Å². The van der Waals surface area contributed by atoms with Crippen LogP contribution in [-0.4, -0.2) is 77.4 Å². The molecule has 0 aromatic carbocycles. The highest BCUT2D eigenvalue weighted by Gasteiger charge is 2.64. The van der Waals surface area contributed by atoms with Gasteiger partial charge in [0.2, 0.25) is 0 Å². The Kier molecular flexibility index (Phi) is 5.55. The molecule has 1 spiro atoms. The van der Waals surface area contributed by atoms with Crippen molar-refractivity contribution in [2.45, 2.75) is 37.5 Å². The Labute approximate surface area is 178 Å². The summed E-state index contributed by atoms with van der Waals surface area (Å²) in [5.41, 5.74) is 5.34. The van der Waals surface area contributed by atoms with Crippen molar-refractivity contribution in [2.24, 2.45) is 11.1 Å². The number of piperidine rings is 1. The predicted molar refractivity (Wildman–Crippen MR) is 104 cm³/mol. The summed E-state index contributed by atoms with van der Waals surface area (Å²) >= 11 is 0. The molecule has 1 aromatic heterocycles. The molecule has 0 radical (unpaired) electrons. The fourth-order valence-corrected chi connectivity index (χ4v) is 4.69. The third-order valence-electron chi connectivity index (χ3n) is 6.01. The van der Waals surface area contributed by atoms with Gasteiger partial charge in [0, 0.05) is 32.2 Å². The van der Waals surface area contributed by atoms with E-state index in [1.807, 2.05) is 0 Å². The third kappa shape index (κ3) is 4.45. The number of nitrogens with one attached hydrogen (secondary N) is 3. The van der Waals surface area contributed by atoms with Crippen LogP contribution in [0.4, 0.5) is 4.79 Å². The number of aliphatic hydroxyl groups excluding tert-OH is 1. The molecule has 0 unspecified atom stereocenters. The number of nitrogens with zero attached hydrogens (tertiary/aromatic N) is 3. The van der Waals surface area contributed by atoms with Crippen LogP contribution in [-0.2, 0) is 14.7 Å². The molecule has 7 N–H and O–H groups in total. The second kappa shape index (κ2) is 7.90. The van der Waals surface area contributed by atoms with E-state index >= 15 is 0 Å². The number of carbonyl (C=O) groups excluding carboxylic acids is 1. The number of guanidine groups is 1. The lowest BCUT2D eigenvalue weighted by Crippen LogP contribution is -2.43. The summed E-state index contributed by atoms with van der Waals surface area (Å²) in [6.07, 6.45) is 1.17. The lowest BCUT2D eigenvalue weighted by Gasteiger charge is -2.35. The van der Waals surface area contributed by atoms with Crippen LogP contribution in [0.3, 0.4) is 0 Å². The van der Waals surface area contributed by atoms with Crippen LogP contribution in [0.25, 0.3) is 0 Å². The lowest BCUT2D eigenvalue weighted by molar-refractivity contribution is -0.0527. The smallest absolute Gasteiger partial charge is 0.384 e. The van der Waals surface area contributed by atoms with Gasteiger partial charge < -0.3 is 30.9 Å². The average molecular weight is 459 g/mol. The Balaban J connectivity index is 1.42. The summed E-state index contributed by atoms with van der Waals surface area (Å²) in [5.74, 6) is 0.0917. The number of urea groups is 1. The quantitative estimate of drug-likeness (QED) is 0.112. The molecule has 172 valence electrons. The topological polar surface area (TPSA) is 207 Å². The van der Waals surface area contributed by atoms with Crippen molar-refractivity contribution in [1.82, 2.24) is 25.8 Å². The van der Waals surface area contributed by atoms with E-state index in [0.717, 1.165) is 17.9 Å². The Bertz CT molecular complexity index is 963. The Morgan fingerprint density at radius 2 is 2.23 bits per heavy atom. The summed E-state index contributed by atoms with van der Waals surface area (Å²) in [5, 5.41) is 27.8. The van der Waals surface area contributed by atoms with Gasteiger partial charge in [0.1, 0.15) is 11.8 Å².